The van der Waals surface area contributed by atoms with Gasteiger partial charge < -0.3 is 5.32 Å². The topological polar surface area (TPSA) is 15.3 Å². The van der Waals surface area contributed by atoms with E-state index in [-0.39, 0.29) is 0 Å². The third-order valence-electron chi connectivity index (χ3n) is 4.37. The molecule has 0 aliphatic carbocycles. The fourth-order valence-electron chi connectivity index (χ4n) is 3.24. The van der Waals surface area contributed by atoms with E-state index in [0.717, 1.165) is 12.6 Å². The maximum atomic E-state index is 3.35. The fraction of sp³-hybridized carbons (Fsp3) is 0.647. The van der Waals surface area contributed by atoms with Crippen LogP contribution in [0.1, 0.15) is 38.2 Å². The maximum absolute atomic E-state index is 3.35. The number of piperidine rings is 1. The van der Waals surface area contributed by atoms with Crippen LogP contribution in [0.25, 0.3) is 0 Å². The molecular formula is C17H28N2. The number of aryl methyl sites for hydroxylation is 1. The smallest absolute Gasteiger partial charge is 0.0223 e. The molecule has 106 valence electrons. The van der Waals surface area contributed by atoms with Crippen LogP contribution in [-0.2, 0) is 6.42 Å². The molecule has 0 amide bonds. The van der Waals surface area contributed by atoms with Crippen LogP contribution < -0.4 is 5.32 Å². The standard InChI is InChI=1S/C17H28N2/c1-15(11-12-16-8-4-3-5-9-16)19-13-7-6-10-17(19)14-18-2/h3-5,8-9,15,17-18H,6-7,10-14H2,1-2H3. The van der Waals surface area contributed by atoms with Crippen molar-refractivity contribution in [2.24, 2.45) is 0 Å². The van der Waals surface area contributed by atoms with Crippen molar-refractivity contribution in [2.75, 3.05) is 20.1 Å². The van der Waals surface area contributed by atoms with Crippen molar-refractivity contribution < 1.29 is 0 Å². The Morgan fingerprint density at radius 3 is 2.79 bits per heavy atom. The van der Waals surface area contributed by atoms with E-state index in [9.17, 15) is 0 Å². The molecule has 2 unspecified atom stereocenters. The zero-order valence-electron chi connectivity index (χ0n) is 12.4. The Kier molecular flexibility index (Phi) is 5.87. The molecule has 1 fully saturated rings. The average Bonchev–Trinajstić information content (AvgIpc) is 2.47. The first-order chi connectivity index (χ1) is 9.31. The van der Waals surface area contributed by atoms with Crippen LogP contribution in [0.2, 0.25) is 0 Å². The van der Waals surface area contributed by atoms with Crippen molar-refractivity contribution in [3.8, 4) is 0 Å². The number of hydrogen-bond donors (Lipinski definition) is 1. The molecule has 2 atom stereocenters. The summed E-state index contributed by atoms with van der Waals surface area (Å²) in [5, 5.41) is 3.35. The largest absolute Gasteiger partial charge is 0.318 e. The van der Waals surface area contributed by atoms with Crippen molar-refractivity contribution in [2.45, 2.75) is 51.1 Å². The predicted molar refractivity (Wildman–Crippen MR) is 82.5 cm³/mol. The monoisotopic (exact) mass is 260 g/mol. The third kappa shape index (κ3) is 4.32. The van der Waals surface area contributed by atoms with E-state index in [1.165, 1.54) is 44.2 Å². The van der Waals surface area contributed by atoms with Crippen molar-refractivity contribution in [1.29, 1.82) is 0 Å². The minimum absolute atomic E-state index is 0.693. The van der Waals surface area contributed by atoms with Gasteiger partial charge in [-0.1, -0.05) is 36.8 Å². The minimum Gasteiger partial charge on any atom is -0.318 e. The lowest BCUT2D eigenvalue weighted by molar-refractivity contribution is 0.0986. The molecule has 1 aliphatic rings. The lowest BCUT2D eigenvalue weighted by atomic mass is 9.97. The van der Waals surface area contributed by atoms with Crippen LogP contribution in [0.5, 0.6) is 0 Å². The molecule has 2 heteroatoms. The molecule has 1 N–H and O–H groups in total. The number of likely N-dealkylation sites (N-methyl/N-ethyl adjacent to an activating group) is 1. The second-order valence-corrected chi connectivity index (χ2v) is 5.82. The van der Waals surface area contributed by atoms with Crippen LogP contribution in [0, 0.1) is 0 Å². The summed E-state index contributed by atoms with van der Waals surface area (Å²) >= 11 is 0. The van der Waals surface area contributed by atoms with Gasteiger partial charge in [0.1, 0.15) is 0 Å². The second kappa shape index (κ2) is 7.66. The van der Waals surface area contributed by atoms with Crippen molar-refractivity contribution in [3.05, 3.63) is 35.9 Å². The molecule has 0 bridgehead atoms. The van der Waals surface area contributed by atoms with Gasteiger partial charge in [0.15, 0.2) is 0 Å². The molecule has 2 nitrogen and oxygen atoms in total. The minimum atomic E-state index is 0.693. The summed E-state index contributed by atoms with van der Waals surface area (Å²) in [6, 6.07) is 12.3. The van der Waals surface area contributed by atoms with E-state index >= 15 is 0 Å². The van der Waals surface area contributed by atoms with Crippen molar-refractivity contribution in [3.63, 3.8) is 0 Å². The molecule has 19 heavy (non-hydrogen) atoms. The van der Waals surface area contributed by atoms with Gasteiger partial charge in [-0.25, -0.2) is 0 Å². The number of nitrogens with one attached hydrogen (secondary N) is 1. The summed E-state index contributed by atoms with van der Waals surface area (Å²) in [5.74, 6) is 0. The lowest BCUT2D eigenvalue weighted by Gasteiger charge is -2.40. The Morgan fingerprint density at radius 1 is 1.26 bits per heavy atom. The zero-order chi connectivity index (χ0) is 13.5. The van der Waals surface area contributed by atoms with E-state index in [0.29, 0.717) is 6.04 Å². The first-order valence-electron chi connectivity index (χ1n) is 7.75. The highest BCUT2D eigenvalue weighted by Gasteiger charge is 2.25. The summed E-state index contributed by atoms with van der Waals surface area (Å²) in [4.78, 5) is 2.73. The number of hydrogen-bond acceptors (Lipinski definition) is 2. The molecule has 1 aromatic rings. The van der Waals surface area contributed by atoms with E-state index < -0.39 is 0 Å². The van der Waals surface area contributed by atoms with Crippen LogP contribution in [0.3, 0.4) is 0 Å². The number of rotatable bonds is 6. The van der Waals surface area contributed by atoms with Gasteiger partial charge in [0.05, 0.1) is 0 Å². The Bertz CT molecular complexity index is 348. The maximum Gasteiger partial charge on any atom is 0.0223 e. The zero-order valence-corrected chi connectivity index (χ0v) is 12.4. The third-order valence-corrected chi connectivity index (χ3v) is 4.37. The van der Waals surface area contributed by atoms with Gasteiger partial charge in [-0.05, 0) is 51.8 Å². The molecule has 1 aliphatic heterocycles. The van der Waals surface area contributed by atoms with E-state index in [2.05, 4.69) is 54.5 Å². The number of benzene rings is 1. The summed E-state index contributed by atoms with van der Waals surface area (Å²) in [7, 11) is 2.07. The summed E-state index contributed by atoms with van der Waals surface area (Å²) < 4.78 is 0. The summed E-state index contributed by atoms with van der Waals surface area (Å²) in [6.45, 7) is 4.81. The van der Waals surface area contributed by atoms with Gasteiger partial charge in [0.2, 0.25) is 0 Å². The molecule has 1 heterocycles. The van der Waals surface area contributed by atoms with E-state index in [1.54, 1.807) is 0 Å². The van der Waals surface area contributed by atoms with Crippen LogP contribution in [0.15, 0.2) is 30.3 Å². The Balaban J connectivity index is 1.85. The Morgan fingerprint density at radius 2 is 2.05 bits per heavy atom. The molecule has 0 aromatic heterocycles. The predicted octanol–water partition coefficient (Wildman–Crippen LogP) is 3.08. The van der Waals surface area contributed by atoms with Gasteiger partial charge in [-0.2, -0.15) is 0 Å². The molecule has 0 spiro atoms. The van der Waals surface area contributed by atoms with Crippen molar-refractivity contribution in [1.82, 2.24) is 10.2 Å². The van der Waals surface area contributed by atoms with Crippen LogP contribution in [0.4, 0.5) is 0 Å². The van der Waals surface area contributed by atoms with E-state index in [4.69, 9.17) is 0 Å². The lowest BCUT2D eigenvalue weighted by Crippen LogP contribution is -2.49. The van der Waals surface area contributed by atoms with Gasteiger partial charge in [0.25, 0.3) is 0 Å². The van der Waals surface area contributed by atoms with Gasteiger partial charge in [-0.15, -0.1) is 0 Å². The number of likely N-dealkylation sites (tertiary alicyclic amines) is 1. The number of nitrogens with zero attached hydrogens (tertiary/aromatic N) is 1. The Labute approximate surface area is 118 Å². The fourth-order valence-corrected chi connectivity index (χ4v) is 3.24. The molecule has 1 saturated heterocycles. The molecule has 0 radical (unpaired) electrons. The highest BCUT2D eigenvalue weighted by atomic mass is 15.2. The molecular weight excluding hydrogens is 232 g/mol. The average molecular weight is 260 g/mol. The molecule has 2 rings (SSSR count). The molecule has 0 saturated carbocycles. The second-order valence-electron chi connectivity index (χ2n) is 5.82. The molecule has 1 aromatic carbocycles. The van der Waals surface area contributed by atoms with E-state index in [1.807, 2.05) is 0 Å². The first-order valence-corrected chi connectivity index (χ1v) is 7.75. The van der Waals surface area contributed by atoms with Gasteiger partial charge >= 0.3 is 0 Å². The highest BCUT2D eigenvalue weighted by Crippen LogP contribution is 2.21. The SMILES string of the molecule is CNCC1CCCCN1C(C)CCc1ccccc1. The van der Waals surface area contributed by atoms with Crippen LogP contribution >= 0.6 is 0 Å². The van der Waals surface area contributed by atoms with Gasteiger partial charge in [0, 0.05) is 18.6 Å². The first kappa shape index (κ1) is 14.5. The summed E-state index contributed by atoms with van der Waals surface area (Å²) in [5.41, 5.74) is 1.47. The highest BCUT2D eigenvalue weighted by molar-refractivity contribution is 5.14. The van der Waals surface area contributed by atoms with Gasteiger partial charge in [-0.3, -0.25) is 4.90 Å². The van der Waals surface area contributed by atoms with Crippen LogP contribution in [-0.4, -0.2) is 37.1 Å². The van der Waals surface area contributed by atoms with Crippen molar-refractivity contribution >= 4 is 0 Å². The summed E-state index contributed by atoms with van der Waals surface area (Å²) in [6.07, 6.45) is 6.59. The normalized spacial score (nSPS) is 22.3. The Hall–Kier alpha value is -0.860. The quantitative estimate of drug-likeness (QED) is 0.845.